The lowest BCUT2D eigenvalue weighted by atomic mass is 10.0. The minimum Gasteiger partial charge on any atom is -0.324 e. The van der Waals surface area contributed by atoms with Crippen molar-refractivity contribution in [3.05, 3.63) is 95.1 Å². The molecule has 0 unspecified atom stereocenters. The van der Waals surface area contributed by atoms with Crippen LogP contribution in [0.2, 0.25) is 19.6 Å². The highest BCUT2D eigenvalue weighted by molar-refractivity contribution is 6.83. The molecule has 1 aliphatic rings. The van der Waals surface area contributed by atoms with Crippen molar-refractivity contribution in [1.82, 2.24) is 0 Å². The molecule has 1 heterocycles. The van der Waals surface area contributed by atoms with Crippen molar-refractivity contribution in [3.8, 4) is 23.3 Å². The van der Waals surface area contributed by atoms with E-state index in [0.29, 0.717) is 5.69 Å². The van der Waals surface area contributed by atoms with Gasteiger partial charge in [0.2, 0.25) is 5.91 Å². The summed E-state index contributed by atoms with van der Waals surface area (Å²) >= 11 is 0. The molecule has 1 amide bonds. The Hall–Kier alpha value is -3.86. The maximum Gasteiger partial charge on any atom is 0.230 e. The molecule has 3 aromatic carbocycles. The van der Waals surface area contributed by atoms with Gasteiger partial charge in [-0.15, -0.1) is 5.54 Å². The molecule has 0 radical (unpaired) electrons. The Kier molecular flexibility index (Phi) is 6.08. The van der Waals surface area contributed by atoms with Crippen LogP contribution >= 0.6 is 0 Å². The highest BCUT2D eigenvalue weighted by atomic mass is 28.3. The van der Waals surface area contributed by atoms with Crippen LogP contribution in [0.3, 0.4) is 0 Å². The largest absolute Gasteiger partial charge is 0.324 e. The zero-order chi connectivity index (χ0) is 22.6. The van der Waals surface area contributed by atoms with Crippen LogP contribution in [-0.2, 0) is 4.79 Å². The van der Waals surface area contributed by atoms with Crippen LogP contribution in [-0.4, -0.2) is 19.7 Å². The zero-order valence-electron chi connectivity index (χ0n) is 18.5. The van der Waals surface area contributed by atoms with Crippen molar-refractivity contribution in [2.75, 3.05) is 5.32 Å². The van der Waals surface area contributed by atoms with E-state index in [-0.39, 0.29) is 12.3 Å². The number of amides is 1. The molecule has 4 heteroatoms. The first-order valence-corrected chi connectivity index (χ1v) is 14.1. The minimum atomic E-state index is -1.46. The van der Waals surface area contributed by atoms with Gasteiger partial charge in [-0.05, 0) is 48.0 Å². The number of carbonyl (C=O) groups excluding carboxylic acids is 1. The van der Waals surface area contributed by atoms with E-state index >= 15 is 0 Å². The maximum atomic E-state index is 12.6. The lowest BCUT2D eigenvalue weighted by molar-refractivity contribution is -0.115. The molecule has 3 aromatic rings. The molecule has 1 aliphatic heterocycles. The fourth-order valence-electron chi connectivity index (χ4n) is 3.21. The average Bonchev–Trinajstić information content (AvgIpc) is 2.94. The molecule has 0 spiro atoms. The number of fused-ring (bicyclic) bond motifs is 1. The number of rotatable bonds is 1. The molecule has 1 N–H and O–H groups in total. The summed E-state index contributed by atoms with van der Waals surface area (Å²) in [5.74, 6) is 9.51. The molecule has 0 atom stereocenters. The molecule has 3 nitrogen and oxygen atoms in total. The van der Waals surface area contributed by atoms with Gasteiger partial charge in [-0.25, -0.2) is 0 Å². The number of hydrogen-bond donors (Lipinski definition) is 1. The average molecular weight is 433 g/mol. The van der Waals surface area contributed by atoms with Crippen LogP contribution in [0.5, 0.6) is 0 Å². The molecule has 0 saturated carbocycles. The molecule has 0 saturated heterocycles. The SMILES string of the molecule is C[Si](C)(C)C#Cc1cccc(C2=Nc3ccc(C#Cc4ccccc4)cc3NC(=O)C2)c1. The van der Waals surface area contributed by atoms with E-state index in [4.69, 9.17) is 4.99 Å². The quantitative estimate of drug-likeness (QED) is 0.384. The Labute approximate surface area is 190 Å². The van der Waals surface area contributed by atoms with Gasteiger partial charge in [-0.2, -0.15) is 0 Å². The highest BCUT2D eigenvalue weighted by Gasteiger charge is 2.17. The van der Waals surface area contributed by atoms with Gasteiger partial charge in [-0.1, -0.05) is 67.7 Å². The molecule has 156 valence electrons. The fraction of sp³-hybridized carbons (Fsp3) is 0.143. The number of aliphatic imine (C=N–C) groups is 1. The standard InChI is InChI=1S/C28H24N2OSi/c1-32(2,3)17-16-22-10-7-11-24(18-22)26-20-28(31)30-27-19-23(14-15-25(27)29-26)13-12-21-8-5-4-6-9-21/h4-11,14-15,18-19H,20H2,1-3H3,(H,30,31). The molecule has 4 rings (SSSR count). The number of carbonyl (C=O) groups is 1. The normalized spacial score (nSPS) is 12.7. The van der Waals surface area contributed by atoms with E-state index in [0.717, 1.165) is 33.7 Å². The van der Waals surface area contributed by atoms with Crippen LogP contribution in [0.15, 0.2) is 77.8 Å². The van der Waals surface area contributed by atoms with Gasteiger partial charge in [-0.3, -0.25) is 9.79 Å². The molecule has 0 aromatic heterocycles. The first-order chi connectivity index (χ1) is 15.4. The lowest BCUT2D eigenvalue weighted by Gasteiger charge is -2.06. The zero-order valence-corrected chi connectivity index (χ0v) is 19.5. The maximum absolute atomic E-state index is 12.6. The Morgan fingerprint density at radius 3 is 2.31 bits per heavy atom. The predicted octanol–water partition coefficient (Wildman–Crippen LogP) is 5.78. The lowest BCUT2D eigenvalue weighted by Crippen LogP contribution is -2.16. The summed E-state index contributed by atoms with van der Waals surface area (Å²) in [7, 11) is -1.46. The third-order valence-corrected chi connectivity index (χ3v) is 5.63. The summed E-state index contributed by atoms with van der Waals surface area (Å²) < 4.78 is 0. The van der Waals surface area contributed by atoms with Crippen molar-refractivity contribution in [2.24, 2.45) is 4.99 Å². The number of anilines is 1. The van der Waals surface area contributed by atoms with E-state index < -0.39 is 8.07 Å². The Morgan fingerprint density at radius 2 is 1.53 bits per heavy atom. The Morgan fingerprint density at radius 1 is 0.812 bits per heavy atom. The van der Waals surface area contributed by atoms with E-state index in [1.165, 1.54) is 0 Å². The second kappa shape index (κ2) is 9.10. The van der Waals surface area contributed by atoms with Crippen LogP contribution in [0.1, 0.15) is 28.7 Å². The summed E-state index contributed by atoms with van der Waals surface area (Å²) in [6.07, 6.45) is 0.213. The van der Waals surface area contributed by atoms with Crippen molar-refractivity contribution >= 4 is 31.1 Å². The van der Waals surface area contributed by atoms with Crippen LogP contribution in [0, 0.1) is 23.3 Å². The van der Waals surface area contributed by atoms with E-state index in [1.54, 1.807) is 0 Å². The topological polar surface area (TPSA) is 41.5 Å². The number of benzene rings is 3. The monoisotopic (exact) mass is 432 g/mol. The Bertz CT molecular complexity index is 1330. The summed E-state index contributed by atoms with van der Waals surface area (Å²) in [5, 5.41) is 2.98. The van der Waals surface area contributed by atoms with E-state index in [1.807, 2.05) is 72.8 Å². The third kappa shape index (κ3) is 5.63. The summed E-state index contributed by atoms with van der Waals surface area (Å²) in [6, 6.07) is 23.5. The van der Waals surface area contributed by atoms with Gasteiger partial charge in [0.25, 0.3) is 0 Å². The highest BCUT2D eigenvalue weighted by Crippen LogP contribution is 2.30. The molecule has 0 aliphatic carbocycles. The van der Waals surface area contributed by atoms with Crippen molar-refractivity contribution in [2.45, 2.75) is 26.1 Å². The smallest absolute Gasteiger partial charge is 0.230 e. The molecular weight excluding hydrogens is 408 g/mol. The number of nitrogens with one attached hydrogen (secondary N) is 1. The van der Waals surface area contributed by atoms with E-state index in [2.05, 4.69) is 48.3 Å². The van der Waals surface area contributed by atoms with Gasteiger partial charge < -0.3 is 5.32 Å². The van der Waals surface area contributed by atoms with Crippen molar-refractivity contribution < 1.29 is 4.79 Å². The second-order valence-corrected chi connectivity index (χ2v) is 13.5. The summed E-state index contributed by atoms with van der Waals surface area (Å²) in [6.45, 7) is 6.66. The van der Waals surface area contributed by atoms with Crippen LogP contribution in [0.4, 0.5) is 11.4 Å². The molecular formula is C28H24N2OSi. The Balaban J connectivity index is 1.66. The first-order valence-electron chi connectivity index (χ1n) is 10.6. The van der Waals surface area contributed by atoms with Crippen molar-refractivity contribution in [3.63, 3.8) is 0 Å². The summed E-state index contributed by atoms with van der Waals surface area (Å²) in [5.41, 5.74) is 9.19. The van der Waals surface area contributed by atoms with Gasteiger partial charge in [0, 0.05) is 16.7 Å². The number of nitrogens with zero attached hydrogens (tertiary/aromatic N) is 1. The predicted molar refractivity (Wildman–Crippen MR) is 135 cm³/mol. The van der Waals surface area contributed by atoms with Crippen molar-refractivity contribution in [1.29, 1.82) is 0 Å². The minimum absolute atomic E-state index is 0.0887. The molecule has 0 fully saturated rings. The second-order valence-electron chi connectivity index (χ2n) is 8.71. The number of hydrogen-bond acceptors (Lipinski definition) is 2. The van der Waals surface area contributed by atoms with Gasteiger partial charge in [0.15, 0.2) is 0 Å². The van der Waals surface area contributed by atoms with Crippen LogP contribution < -0.4 is 5.32 Å². The summed E-state index contributed by atoms with van der Waals surface area (Å²) in [4.78, 5) is 17.4. The van der Waals surface area contributed by atoms with Gasteiger partial charge in [0.05, 0.1) is 23.5 Å². The third-order valence-electron chi connectivity index (χ3n) is 4.76. The fourth-order valence-corrected chi connectivity index (χ4v) is 3.73. The molecule has 32 heavy (non-hydrogen) atoms. The first kappa shape index (κ1) is 21.4. The van der Waals surface area contributed by atoms with Gasteiger partial charge in [0.1, 0.15) is 8.07 Å². The molecule has 0 bridgehead atoms. The van der Waals surface area contributed by atoms with Gasteiger partial charge >= 0.3 is 0 Å². The van der Waals surface area contributed by atoms with Crippen LogP contribution in [0.25, 0.3) is 0 Å². The van der Waals surface area contributed by atoms with E-state index in [9.17, 15) is 4.79 Å².